The maximum absolute atomic E-state index is 12.4. The monoisotopic (exact) mass is 383 g/mol. The van der Waals surface area contributed by atoms with Crippen molar-refractivity contribution in [3.8, 4) is 0 Å². The third-order valence-electron chi connectivity index (χ3n) is 2.21. The van der Waals surface area contributed by atoms with Crippen LogP contribution in [-0.4, -0.2) is 14.8 Å². The molecule has 0 amide bonds. The molecule has 18 heavy (non-hydrogen) atoms. The molecule has 0 atom stereocenters. The summed E-state index contributed by atoms with van der Waals surface area (Å²) in [6.07, 6.45) is -4.31. The van der Waals surface area contributed by atoms with E-state index in [0.717, 1.165) is 12.1 Å². The Morgan fingerprint density at radius 2 is 1.72 bits per heavy atom. The first-order chi connectivity index (χ1) is 8.36. The SMILES string of the molecule is FC(F)(F)c1ccc(Cn2nc(Br)nc2Br)cc1. The Labute approximate surface area is 117 Å². The van der Waals surface area contributed by atoms with Gasteiger partial charge >= 0.3 is 6.18 Å². The van der Waals surface area contributed by atoms with Crippen LogP contribution in [0.25, 0.3) is 0 Å². The summed E-state index contributed by atoms with van der Waals surface area (Å²) in [4.78, 5) is 3.97. The third-order valence-corrected chi connectivity index (χ3v) is 3.14. The Morgan fingerprint density at radius 3 is 2.17 bits per heavy atom. The summed E-state index contributed by atoms with van der Waals surface area (Å²) in [6, 6.07) is 4.94. The van der Waals surface area contributed by atoms with Crippen LogP contribution in [0.2, 0.25) is 0 Å². The molecule has 1 aromatic carbocycles. The molecular formula is C10H6Br2F3N3. The fraction of sp³-hybridized carbons (Fsp3) is 0.200. The lowest BCUT2D eigenvalue weighted by atomic mass is 10.1. The fourth-order valence-electron chi connectivity index (χ4n) is 1.37. The van der Waals surface area contributed by atoms with Gasteiger partial charge in [-0.3, -0.25) is 0 Å². The smallest absolute Gasteiger partial charge is 0.235 e. The maximum Gasteiger partial charge on any atom is 0.416 e. The van der Waals surface area contributed by atoms with E-state index in [1.807, 2.05) is 0 Å². The highest BCUT2D eigenvalue weighted by molar-refractivity contribution is 9.11. The second kappa shape index (κ2) is 5.00. The van der Waals surface area contributed by atoms with Crippen molar-refractivity contribution in [1.82, 2.24) is 14.8 Å². The molecule has 1 aromatic heterocycles. The van der Waals surface area contributed by atoms with E-state index in [0.29, 0.717) is 21.6 Å². The highest BCUT2D eigenvalue weighted by Gasteiger charge is 2.29. The number of benzene rings is 1. The molecule has 0 aliphatic rings. The average molecular weight is 385 g/mol. The first-order valence-electron chi connectivity index (χ1n) is 4.78. The van der Waals surface area contributed by atoms with E-state index in [4.69, 9.17) is 0 Å². The zero-order valence-electron chi connectivity index (χ0n) is 8.75. The third kappa shape index (κ3) is 3.11. The minimum atomic E-state index is -4.31. The van der Waals surface area contributed by atoms with Gasteiger partial charge in [0.2, 0.25) is 4.73 Å². The van der Waals surface area contributed by atoms with Crippen LogP contribution >= 0.6 is 31.9 Å². The van der Waals surface area contributed by atoms with E-state index in [9.17, 15) is 13.2 Å². The molecule has 0 bridgehead atoms. The predicted octanol–water partition coefficient (Wildman–Crippen LogP) is 3.87. The number of alkyl halides is 3. The van der Waals surface area contributed by atoms with Crippen molar-refractivity contribution in [3.05, 3.63) is 44.9 Å². The zero-order valence-corrected chi connectivity index (χ0v) is 11.9. The van der Waals surface area contributed by atoms with Crippen LogP contribution in [0.4, 0.5) is 13.2 Å². The summed E-state index contributed by atoms with van der Waals surface area (Å²) in [5.41, 5.74) is 0.0474. The average Bonchev–Trinajstić information content (AvgIpc) is 2.57. The van der Waals surface area contributed by atoms with Crippen molar-refractivity contribution in [2.45, 2.75) is 12.7 Å². The summed E-state index contributed by atoms with van der Waals surface area (Å²) in [6.45, 7) is 0.345. The van der Waals surface area contributed by atoms with Crippen LogP contribution < -0.4 is 0 Å². The number of nitrogens with zero attached hydrogens (tertiary/aromatic N) is 3. The van der Waals surface area contributed by atoms with Crippen LogP contribution in [-0.2, 0) is 12.7 Å². The molecule has 96 valence electrons. The molecule has 0 aliphatic heterocycles. The molecule has 0 spiro atoms. The molecule has 0 unspecified atom stereocenters. The van der Waals surface area contributed by atoms with Crippen LogP contribution in [0.3, 0.4) is 0 Å². The van der Waals surface area contributed by atoms with Gasteiger partial charge in [0.25, 0.3) is 0 Å². The summed E-state index contributed by atoms with van der Waals surface area (Å²) in [5.74, 6) is 0. The van der Waals surface area contributed by atoms with Gasteiger partial charge in [-0.2, -0.15) is 18.2 Å². The van der Waals surface area contributed by atoms with E-state index in [1.165, 1.54) is 16.8 Å². The minimum Gasteiger partial charge on any atom is -0.235 e. The van der Waals surface area contributed by atoms with E-state index < -0.39 is 11.7 Å². The van der Waals surface area contributed by atoms with Crippen LogP contribution in [0.15, 0.2) is 33.7 Å². The van der Waals surface area contributed by atoms with Crippen molar-refractivity contribution < 1.29 is 13.2 Å². The van der Waals surface area contributed by atoms with Gasteiger partial charge in [-0.25, -0.2) is 4.68 Å². The lowest BCUT2D eigenvalue weighted by molar-refractivity contribution is -0.137. The summed E-state index contributed by atoms with van der Waals surface area (Å²) in [5, 5.41) is 4.03. The Hall–Kier alpha value is -0.890. The molecule has 3 nitrogen and oxygen atoms in total. The van der Waals surface area contributed by atoms with Gasteiger partial charge in [-0.15, -0.1) is 5.10 Å². The molecule has 0 N–H and O–H groups in total. The van der Waals surface area contributed by atoms with E-state index in [2.05, 4.69) is 41.9 Å². The molecular weight excluding hydrogens is 379 g/mol. The summed E-state index contributed by atoms with van der Waals surface area (Å²) >= 11 is 6.31. The molecule has 0 radical (unpaired) electrons. The number of halogens is 5. The molecule has 2 rings (SSSR count). The van der Waals surface area contributed by atoms with Gasteiger partial charge in [0.15, 0.2) is 4.73 Å². The molecule has 1 heterocycles. The second-order valence-corrected chi connectivity index (χ2v) is 4.92. The molecule has 8 heteroatoms. The van der Waals surface area contributed by atoms with Gasteiger partial charge < -0.3 is 0 Å². The normalized spacial score (nSPS) is 11.8. The first kappa shape index (κ1) is 13.5. The summed E-state index contributed by atoms with van der Waals surface area (Å²) in [7, 11) is 0. The topological polar surface area (TPSA) is 30.7 Å². The first-order valence-corrected chi connectivity index (χ1v) is 6.37. The number of hydrogen-bond donors (Lipinski definition) is 0. The maximum atomic E-state index is 12.4. The van der Waals surface area contributed by atoms with Crippen molar-refractivity contribution in [3.63, 3.8) is 0 Å². The Balaban J connectivity index is 2.18. The van der Waals surface area contributed by atoms with Crippen LogP contribution in [0.1, 0.15) is 11.1 Å². The lowest BCUT2D eigenvalue weighted by Crippen LogP contribution is -2.06. The molecule has 0 saturated carbocycles. The predicted molar refractivity (Wildman–Crippen MR) is 66.0 cm³/mol. The van der Waals surface area contributed by atoms with E-state index >= 15 is 0 Å². The largest absolute Gasteiger partial charge is 0.416 e. The molecule has 2 aromatic rings. The summed E-state index contributed by atoms with van der Waals surface area (Å²) < 4.78 is 39.6. The lowest BCUT2D eigenvalue weighted by Gasteiger charge is -2.07. The van der Waals surface area contributed by atoms with Crippen molar-refractivity contribution >= 4 is 31.9 Å². The minimum absolute atomic E-state index is 0.345. The Morgan fingerprint density at radius 1 is 1.11 bits per heavy atom. The quantitative estimate of drug-likeness (QED) is 0.786. The van der Waals surface area contributed by atoms with Gasteiger partial charge in [0.05, 0.1) is 12.1 Å². The molecule has 0 aliphatic carbocycles. The number of aromatic nitrogens is 3. The van der Waals surface area contributed by atoms with Crippen LogP contribution in [0, 0.1) is 0 Å². The van der Waals surface area contributed by atoms with Gasteiger partial charge in [0.1, 0.15) is 0 Å². The van der Waals surface area contributed by atoms with E-state index in [-0.39, 0.29) is 0 Å². The van der Waals surface area contributed by atoms with Crippen LogP contribution in [0.5, 0.6) is 0 Å². The van der Waals surface area contributed by atoms with Crippen molar-refractivity contribution in [2.75, 3.05) is 0 Å². The number of hydrogen-bond acceptors (Lipinski definition) is 2. The van der Waals surface area contributed by atoms with Gasteiger partial charge in [-0.05, 0) is 49.6 Å². The zero-order chi connectivity index (χ0) is 13.3. The Bertz CT molecular complexity index is 548. The van der Waals surface area contributed by atoms with E-state index in [1.54, 1.807) is 0 Å². The fourth-order valence-corrected chi connectivity index (χ4v) is 2.34. The Kier molecular flexibility index (Phi) is 3.76. The van der Waals surface area contributed by atoms with Gasteiger partial charge in [-0.1, -0.05) is 12.1 Å². The number of rotatable bonds is 2. The second-order valence-electron chi connectivity index (χ2n) is 3.50. The molecule has 0 fully saturated rings. The molecule has 0 saturated heterocycles. The van der Waals surface area contributed by atoms with Crippen molar-refractivity contribution in [1.29, 1.82) is 0 Å². The highest BCUT2D eigenvalue weighted by Crippen LogP contribution is 2.29. The standard InChI is InChI=1S/C10H6Br2F3N3/c11-8-16-9(12)18(17-8)5-6-1-3-7(4-2-6)10(13,14)15/h1-4H,5H2. The highest BCUT2D eigenvalue weighted by atomic mass is 79.9. The van der Waals surface area contributed by atoms with Crippen molar-refractivity contribution in [2.24, 2.45) is 0 Å². The van der Waals surface area contributed by atoms with Gasteiger partial charge in [0, 0.05) is 0 Å².